The Hall–Kier alpha value is -0.740. The summed E-state index contributed by atoms with van der Waals surface area (Å²) in [6, 6.07) is 0. The van der Waals surface area contributed by atoms with Gasteiger partial charge in [-0.3, -0.25) is 5.32 Å². The van der Waals surface area contributed by atoms with E-state index in [2.05, 4.69) is 12.2 Å². The van der Waals surface area contributed by atoms with Crippen molar-refractivity contribution >= 4 is 12.6 Å². The Morgan fingerprint density at radius 2 is 1.00 bits per heavy atom. The van der Waals surface area contributed by atoms with Gasteiger partial charge in [0.15, 0.2) is 5.54 Å². The van der Waals surface area contributed by atoms with Crippen LogP contribution in [0.4, 0.5) is 0 Å². The van der Waals surface area contributed by atoms with Gasteiger partial charge in [-0.1, -0.05) is 103 Å². The van der Waals surface area contributed by atoms with E-state index in [1.54, 1.807) is 0 Å². The van der Waals surface area contributed by atoms with Gasteiger partial charge in [-0.2, -0.15) is 0 Å². The lowest BCUT2D eigenvalue weighted by molar-refractivity contribution is -0.124. The highest BCUT2D eigenvalue weighted by Crippen LogP contribution is 2.13. The van der Waals surface area contributed by atoms with E-state index in [-0.39, 0.29) is 0 Å². The largest absolute Gasteiger partial charge is 0.394 e. The first-order chi connectivity index (χ1) is 12.7. The zero-order valence-electron chi connectivity index (χ0n) is 17.1. The summed E-state index contributed by atoms with van der Waals surface area (Å²) in [6.07, 6.45) is 22.1. The molecule has 0 saturated carbocycles. The van der Waals surface area contributed by atoms with E-state index in [0.717, 1.165) is 12.8 Å². The molecule has 0 aliphatic rings. The monoisotopic (exact) mass is 369 g/mol. The number of carbonyl (C=O) groups excluding carboxylic acids is 2. The number of aliphatic hydroxyl groups is 1. The Kier molecular flexibility index (Phi) is 18.5. The molecule has 0 heterocycles. The van der Waals surface area contributed by atoms with E-state index in [0.29, 0.717) is 19.1 Å². The van der Waals surface area contributed by atoms with Gasteiger partial charge in [-0.05, 0) is 13.0 Å². The minimum absolute atomic E-state index is 0.473. The van der Waals surface area contributed by atoms with Gasteiger partial charge < -0.3 is 14.7 Å². The van der Waals surface area contributed by atoms with Crippen molar-refractivity contribution in [2.24, 2.45) is 0 Å². The predicted molar refractivity (Wildman–Crippen MR) is 109 cm³/mol. The molecule has 2 N–H and O–H groups in total. The maximum absolute atomic E-state index is 10.8. The summed E-state index contributed by atoms with van der Waals surface area (Å²) in [4.78, 5) is 21.7. The molecule has 0 aromatic heterocycles. The normalized spacial score (nSPS) is 11.6. The molecule has 0 aliphatic carbocycles. The summed E-state index contributed by atoms with van der Waals surface area (Å²) in [5.41, 5.74) is -1.39. The van der Waals surface area contributed by atoms with Crippen molar-refractivity contribution in [3.63, 3.8) is 0 Å². The van der Waals surface area contributed by atoms with Crippen LogP contribution in [0.1, 0.15) is 110 Å². The van der Waals surface area contributed by atoms with Crippen LogP contribution in [-0.2, 0) is 9.59 Å². The van der Waals surface area contributed by atoms with Crippen molar-refractivity contribution in [1.82, 2.24) is 5.32 Å². The lowest BCUT2D eigenvalue weighted by Crippen LogP contribution is -2.52. The second-order valence-electron chi connectivity index (χ2n) is 7.66. The van der Waals surface area contributed by atoms with E-state index in [1.807, 2.05) is 0 Å². The fraction of sp³-hybridized carbons (Fsp3) is 0.909. The summed E-state index contributed by atoms with van der Waals surface area (Å²) in [5.74, 6) is 0. The molecule has 0 spiro atoms. The molecule has 0 radical (unpaired) electrons. The van der Waals surface area contributed by atoms with Gasteiger partial charge in [0.25, 0.3) is 0 Å². The van der Waals surface area contributed by atoms with E-state index in [9.17, 15) is 9.59 Å². The summed E-state index contributed by atoms with van der Waals surface area (Å²) < 4.78 is 0. The zero-order valence-corrected chi connectivity index (χ0v) is 17.1. The summed E-state index contributed by atoms with van der Waals surface area (Å²) in [5, 5.41) is 11.9. The first-order valence-electron chi connectivity index (χ1n) is 11.0. The van der Waals surface area contributed by atoms with E-state index >= 15 is 0 Å². The highest BCUT2D eigenvalue weighted by atomic mass is 16.3. The molecule has 0 atom stereocenters. The van der Waals surface area contributed by atoms with Gasteiger partial charge in [-0.25, -0.2) is 0 Å². The average molecular weight is 370 g/mol. The van der Waals surface area contributed by atoms with Crippen LogP contribution in [0.5, 0.6) is 0 Å². The topological polar surface area (TPSA) is 66.4 Å². The Morgan fingerprint density at radius 3 is 1.31 bits per heavy atom. The standard InChI is InChI=1S/C22H43NO3/c1-2-3-4-5-6-7-8-9-10-11-12-13-14-15-16-17-18-23-22(19-24,20-25)21-26/h19-20,23,26H,2-18,21H2,1H3. The molecule has 26 heavy (non-hydrogen) atoms. The number of nitrogens with one attached hydrogen (secondary N) is 1. The molecule has 4 nitrogen and oxygen atoms in total. The minimum Gasteiger partial charge on any atom is -0.394 e. The molecular formula is C22H43NO3. The predicted octanol–water partition coefficient (Wildman–Crippen LogP) is 4.97. The van der Waals surface area contributed by atoms with E-state index in [1.165, 1.54) is 89.9 Å². The quantitative estimate of drug-likeness (QED) is 0.170. The summed E-state index contributed by atoms with van der Waals surface area (Å²) in [7, 11) is 0. The molecule has 0 aromatic carbocycles. The summed E-state index contributed by atoms with van der Waals surface area (Å²) >= 11 is 0. The highest BCUT2D eigenvalue weighted by Gasteiger charge is 2.27. The number of unbranched alkanes of at least 4 members (excludes halogenated alkanes) is 15. The fourth-order valence-corrected chi connectivity index (χ4v) is 3.24. The third kappa shape index (κ3) is 14.4. The SMILES string of the molecule is CCCCCCCCCCCCCCCCCCNC(C=O)(C=O)CO. The molecule has 4 heteroatoms. The zero-order chi connectivity index (χ0) is 19.3. The number of rotatable bonds is 21. The van der Waals surface area contributed by atoms with Crippen molar-refractivity contribution in [2.45, 2.75) is 115 Å². The highest BCUT2D eigenvalue weighted by molar-refractivity contribution is 5.89. The van der Waals surface area contributed by atoms with Crippen molar-refractivity contribution in [3.05, 3.63) is 0 Å². The van der Waals surface area contributed by atoms with Crippen LogP contribution in [0.3, 0.4) is 0 Å². The maximum atomic E-state index is 10.8. The number of hydrogen-bond acceptors (Lipinski definition) is 4. The smallest absolute Gasteiger partial charge is 0.154 e. The van der Waals surface area contributed by atoms with Gasteiger partial charge >= 0.3 is 0 Å². The number of aliphatic hydroxyl groups excluding tert-OH is 1. The number of aldehydes is 2. The summed E-state index contributed by atoms with van der Waals surface area (Å²) in [6.45, 7) is 2.39. The third-order valence-electron chi connectivity index (χ3n) is 5.17. The maximum Gasteiger partial charge on any atom is 0.154 e. The van der Waals surface area contributed by atoms with Crippen molar-refractivity contribution in [1.29, 1.82) is 0 Å². The number of hydrogen-bond donors (Lipinski definition) is 2. The van der Waals surface area contributed by atoms with Gasteiger partial charge in [0.05, 0.1) is 6.61 Å². The Bertz CT molecular complexity index is 313. The molecule has 0 aliphatic heterocycles. The molecule has 0 bridgehead atoms. The van der Waals surface area contributed by atoms with Crippen molar-refractivity contribution in [2.75, 3.05) is 13.2 Å². The Labute approximate surface area is 161 Å². The fourth-order valence-electron chi connectivity index (χ4n) is 3.24. The van der Waals surface area contributed by atoms with Crippen LogP contribution in [0.25, 0.3) is 0 Å². The Balaban J connectivity index is 3.22. The molecule has 0 rings (SSSR count). The van der Waals surface area contributed by atoms with Crippen LogP contribution in [0, 0.1) is 0 Å². The average Bonchev–Trinajstić information content (AvgIpc) is 2.68. The van der Waals surface area contributed by atoms with Crippen molar-refractivity contribution in [3.8, 4) is 0 Å². The second kappa shape index (κ2) is 19.0. The lowest BCUT2D eigenvalue weighted by Gasteiger charge is -2.20. The van der Waals surface area contributed by atoms with Gasteiger partial charge in [-0.15, -0.1) is 0 Å². The number of carbonyl (C=O) groups is 2. The molecule has 0 unspecified atom stereocenters. The van der Waals surface area contributed by atoms with Gasteiger partial charge in [0.1, 0.15) is 12.6 Å². The first-order valence-corrected chi connectivity index (χ1v) is 11.0. The first kappa shape index (κ1) is 25.3. The van der Waals surface area contributed by atoms with Crippen molar-refractivity contribution < 1.29 is 14.7 Å². The van der Waals surface area contributed by atoms with Crippen LogP contribution in [0.15, 0.2) is 0 Å². The molecule has 154 valence electrons. The molecule has 0 aromatic rings. The van der Waals surface area contributed by atoms with Crippen LogP contribution < -0.4 is 5.32 Å². The molecule has 0 saturated heterocycles. The lowest BCUT2D eigenvalue weighted by atomic mass is 10.0. The molecular weight excluding hydrogens is 326 g/mol. The molecule has 0 amide bonds. The van der Waals surface area contributed by atoms with E-state index < -0.39 is 12.1 Å². The molecule has 0 fully saturated rings. The second-order valence-corrected chi connectivity index (χ2v) is 7.66. The van der Waals surface area contributed by atoms with Crippen LogP contribution in [-0.4, -0.2) is 36.4 Å². The van der Waals surface area contributed by atoms with Gasteiger partial charge in [0.2, 0.25) is 0 Å². The third-order valence-corrected chi connectivity index (χ3v) is 5.17. The van der Waals surface area contributed by atoms with Crippen LogP contribution in [0.2, 0.25) is 0 Å². The van der Waals surface area contributed by atoms with Crippen LogP contribution >= 0.6 is 0 Å². The van der Waals surface area contributed by atoms with Gasteiger partial charge in [0, 0.05) is 0 Å². The minimum atomic E-state index is -1.39. The van der Waals surface area contributed by atoms with E-state index in [4.69, 9.17) is 5.11 Å². The Morgan fingerprint density at radius 1 is 0.654 bits per heavy atom.